The summed E-state index contributed by atoms with van der Waals surface area (Å²) in [5.41, 5.74) is 5.19. The quantitative estimate of drug-likeness (QED) is 0.186. The molecule has 0 aromatic carbocycles. The number of carbonyl (C=O) groups excluding carboxylic acids is 7. The number of alkyl halides is 3. The molecule has 0 aromatic heterocycles. The maximum Gasteiger partial charge on any atom is 0.490 e. The van der Waals surface area contributed by atoms with Gasteiger partial charge in [0.15, 0.2) is 0 Å². The summed E-state index contributed by atoms with van der Waals surface area (Å²) in [5.74, 6) is -4.34. The van der Waals surface area contributed by atoms with Gasteiger partial charge in [0.2, 0.25) is 11.8 Å². The van der Waals surface area contributed by atoms with Crippen LogP contribution in [0, 0.1) is 0 Å². The number of alkyl carbamates (subject to hydrolysis) is 1. The number of hydrogen-bond acceptors (Lipinski definition) is 12. The predicted molar refractivity (Wildman–Crippen MR) is 187 cm³/mol. The van der Waals surface area contributed by atoms with Crippen molar-refractivity contribution in [1.29, 1.82) is 0 Å². The molecule has 0 radical (unpaired) electrons. The zero-order valence-corrected chi connectivity index (χ0v) is 32.5. The van der Waals surface area contributed by atoms with Crippen LogP contribution in [0.3, 0.4) is 0 Å². The number of ether oxygens (including phenoxy) is 3. The molecule has 4 aliphatic rings. The number of nitrogens with one attached hydrogen (secondary N) is 3. The topological polar surface area (TPSA) is 260 Å². The lowest BCUT2D eigenvalue weighted by molar-refractivity contribution is -0.192. The lowest BCUT2D eigenvalue weighted by atomic mass is 10.1. The lowest BCUT2D eigenvalue weighted by Gasteiger charge is -2.38. The van der Waals surface area contributed by atoms with E-state index in [0.29, 0.717) is 45.2 Å². The Morgan fingerprint density at radius 1 is 0.732 bits per heavy atom. The minimum absolute atomic E-state index is 0.0190. The van der Waals surface area contributed by atoms with Crippen molar-refractivity contribution in [3.63, 3.8) is 0 Å². The van der Waals surface area contributed by atoms with Gasteiger partial charge in [-0.1, -0.05) is 0 Å². The number of nitrogens with zero attached hydrogens (tertiary/aromatic N) is 4. The Hall–Kier alpha value is -5.09. The van der Waals surface area contributed by atoms with Gasteiger partial charge in [0.05, 0.1) is 20.8 Å². The second-order valence-corrected chi connectivity index (χ2v) is 14.2. The Bertz CT molecular complexity index is 1460. The molecule has 4 fully saturated rings. The Kier molecular flexibility index (Phi) is 17.0. The van der Waals surface area contributed by atoms with E-state index >= 15 is 0 Å². The van der Waals surface area contributed by atoms with E-state index in [1.807, 2.05) is 0 Å². The van der Waals surface area contributed by atoms with Crippen LogP contribution in [0.15, 0.2) is 0 Å². The highest BCUT2D eigenvalue weighted by atomic mass is 19.4. The van der Waals surface area contributed by atoms with Crippen LogP contribution < -0.4 is 21.7 Å². The number of fused-ring (bicyclic) bond motifs is 2. The van der Waals surface area contributed by atoms with Gasteiger partial charge in [-0.05, 0) is 59.3 Å². The Morgan fingerprint density at radius 2 is 1.14 bits per heavy atom. The van der Waals surface area contributed by atoms with Crippen LogP contribution in [0.4, 0.5) is 27.6 Å². The molecule has 4 heterocycles. The van der Waals surface area contributed by atoms with E-state index in [1.54, 1.807) is 37.6 Å². The third-order valence-corrected chi connectivity index (χ3v) is 9.30. The fraction of sp³-hybridized carbons (Fsp3) is 0.758. The Balaban J connectivity index is 0.000000339. The smallest absolute Gasteiger partial charge is 0.475 e. The van der Waals surface area contributed by atoms with Gasteiger partial charge in [0, 0.05) is 45.8 Å². The molecule has 318 valence electrons. The number of rotatable bonds is 3. The minimum atomic E-state index is -5.08. The predicted octanol–water partition coefficient (Wildman–Crippen LogP) is -0.0179. The molecule has 7 amide bonds. The number of hydrogen-bond donors (Lipinski definition) is 5. The van der Waals surface area contributed by atoms with Gasteiger partial charge < -0.3 is 60.6 Å². The number of carboxylic acid groups (broad SMARTS) is 1. The average molecular weight is 811 g/mol. The van der Waals surface area contributed by atoms with E-state index in [9.17, 15) is 46.7 Å². The second-order valence-electron chi connectivity index (χ2n) is 14.2. The average Bonchev–Trinajstić information content (AvgIpc) is 3.75. The summed E-state index contributed by atoms with van der Waals surface area (Å²) in [6.07, 6.45) is -2.23. The van der Waals surface area contributed by atoms with Crippen LogP contribution >= 0.6 is 0 Å². The summed E-state index contributed by atoms with van der Waals surface area (Å²) in [5, 5.41) is 14.8. The second kappa shape index (κ2) is 20.2. The standard InChI is InChI=1S/C18H30N4O6.C13H22N4O4.C2HF3O2/c1-18(2,3)28-17(26)20-12-10-21(16(25)19-4)9-8-11-6-7-13(15(24)27-5)22(11)14(12)23;1-15-13(20)16-6-5-8-3-4-10(12(19)21-2)17(8)11(18)9(14)7-16;3-2(4,5)1(6)7/h11-13H,6-10H2,1-5H3,(H,19,25)(H,20,26);8-10H,3-7,14H2,1-2H3,(H,15,20);(H,6,7)/t11-,12+,13+;8-,9+,10+;/m11./s1. The fourth-order valence-electron chi connectivity index (χ4n) is 6.75. The minimum Gasteiger partial charge on any atom is -0.475 e. The molecule has 6 N–H and O–H groups in total. The van der Waals surface area contributed by atoms with Crippen molar-refractivity contribution >= 4 is 47.9 Å². The highest BCUT2D eigenvalue weighted by Crippen LogP contribution is 2.31. The maximum atomic E-state index is 13.3. The van der Waals surface area contributed by atoms with Crippen LogP contribution in [-0.2, 0) is 38.2 Å². The van der Waals surface area contributed by atoms with Crippen molar-refractivity contribution in [3.8, 4) is 0 Å². The number of esters is 2. The van der Waals surface area contributed by atoms with E-state index in [4.69, 9.17) is 29.8 Å². The molecular weight excluding hydrogens is 757 g/mol. The molecule has 6 atom stereocenters. The van der Waals surface area contributed by atoms with Crippen molar-refractivity contribution in [2.75, 3.05) is 54.5 Å². The molecule has 4 aliphatic heterocycles. The first-order valence-corrected chi connectivity index (χ1v) is 17.8. The van der Waals surface area contributed by atoms with E-state index in [1.165, 1.54) is 31.1 Å². The Labute approximate surface area is 321 Å². The van der Waals surface area contributed by atoms with Crippen molar-refractivity contribution in [2.24, 2.45) is 5.73 Å². The monoisotopic (exact) mass is 810 g/mol. The zero-order chi connectivity index (χ0) is 42.7. The highest BCUT2D eigenvalue weighted by molar-refractivity contribution is 5.92. The van der Waals surface area contributed by atoms with Crippen LogP contribution in [0.1, 0.15) is 59.3 Å². The van der Waals surface area contributed by atoms with Gasteiger partial charge in [0.25, 0.3) is 0 Å². The van der Waals surface area contributed by atoms with Crippen LogP contribution in [0.25, 0.3) is 0 Å². The van der Waals surface area contributed by atoms with Crippen molar-refractivity contribution in [2.45, 2.75) is 107 Å². The first-order valence-electron chi connectivity index (χ1n) is 17.8. The third-order valence-electron chi connectivity index (χ3n) is 9.30. The number of carbonyl (C=O) groups is 8. The third kappa shape index (κ3) is 12.7. The normalized spacial score (nSPS) is 25.1. The van der Waals surface area contributed by atoms with Gasteiger partial charge in [-0.2, -0.15) is 13.2 Å². The largest absolute Gasteiger partial charge is 0.490 e. The molecule has 0 aromatic rings. The summed E-state index contributed by atoms with van der Waals surface area (Å²) in [6, 6.07) is -3.93. The van der Waals surface area contributed by atoms with E-state index in [-0.39, 0.29) is 43.1 Å². The van der Waals surface area contributed by atoms with Gasteiger partial charge in [-0.3, -0.25) is 9.59 Å². The van der Waals surface area contributed by atoms with Gasteiger partial charge in [-0.25, -0.2) is 28.8 Å². The van der Waals surface area contributed by atoms with Crippen molar-refractivity contribution in [3.05, 3.63) is 0 Å². The van der Waals surface area contributed by atoms with Gasteiger partial charge in [-0.15, -0.1) is 0 Å². The summed E-state index contributed by atoms with van der Waals surface area (Å²) in [6.45, 7) is 6.18. The zero-order valence-electron chi connectivity index (χ0n) is 32.5. The van der Waals surface area contributed by atoms with Crippen LogP contribution in [0.5, 0.6) is 0 Å². The lowest BCUT2D eigenvalue weighted by Crippen LogP contribution is -2.61. The number of carboxylic acids is 1. The molecule has 56 heavy (non-hydrogen) atoms. The van der Waals surface area contributed by atoms with Gasteiger partial charge >= 0.3 is 42.2 Å². The number of amides is 7. The number of aliphatic carboxylic acids is 1. The summed E-state index contributed by atoms with van der Waals surface area (Å²) < 4.78 is 46.6. The number of methoxy groups -OCH3 is 2. The molecule has 23 heteroatoms. The summed E-state index contributed by atoms with van der Waals surface area (Å²) in [7, 11) is 5.66. The molecule has 0 bridgehead atoms. The van der Waals surface area contributed by atoms with Crippen LogP contribution in [0.2, 0.25) is 0 Å². The van der Waals surface area contributed by atoms with E-state index in [2.05, 4.69) is 16.0 Å². The van der Waals surface area contributed by atoms with Crippen LogP contribution in [-0.4, -0.2) is 175 Å². The van der Waals surface area contributed by atoms with Crippen molar-refractivity contribution in [1.82, 2.24) is 35.6 Å². The summed E-state index contributed by atoms with van der Waals surface area (Å²) in [4.78, 5) is 101. The highest BCUT2D eigenvalue weighted by Gasteiger charge is 2.47. The number of nitrogens with two attached hydrogens (primary N) is 1. The van der Waals surface area contributed by atoms with Gasteiger partial charge in [0.1, 0.15) is 29.8 Å². The number of halogens is 3. The molecule has 0 unspecified atom stereocenters. The molecule has 20 nitrogen and oxygen atoms in total. The first-order chi connectivity index (χ1) is 26.0. The maximum absolute atomic E-state index is 13.3. The molecule has 4 rings (SSSR count). The van der Waals surface area contributed by atoms with E-state index in [0.717, 1.165) is 6.42 Å². The fourth-order valence-corrected chi connectivity index (χ4v) is 6.75. The molecule has 0 spiro atoms. The molecule has 0 aliphatic carbocycles. The molecular formula is C33H53F3N8O12. The Morgan fingerprint density at radius 3 is 1.52 bits per heavy atom. The SMILES string of the molecule is CNC(=O)N1CC[C@H]2CC[C@@H](C(=O)OC)N2C(=O)[C@@H](N)C1.CNC(=O)N1CC[C@H]2CC[C@@H](C(=O)OC)N2C(=O)[C@@H](NC(=O)OC(C)(C)C)C1.O=C(O)C(F)(F)F. The summed E-state index contributed by atoms with van der Waals surface area (Å²) >= 11 is 0. The molecule has 0 saturated carbocycles. The van der Waals surface area contributed by atoms with E-state index < -0.39 is 65.9 Å². The first kappa shape index (κ1) is 47.1. The van der Waals surface area contributed by atoms with Crippen molar-refractivity contribution < 1.29 is 70.8 Å². The number of urea groups is 2. The molecule has 4 saturated heterocycles.